The number of carbonyl (C=O) groups excluding carboxylic acids is 1. The molecule has 2 aliphatic rings. The van der Waals surface area contributed by atoms with Crippen LogP contribution in [-0.4, -0.2) is 22.5 Å². The Hall–Kier alpha value is -1.81. The molecule has 5 heteroatoms. The van der Waals surface area contributed by atoms with Crippen molar-refractivity contribution in [3.05, 3.63) is 52.4 Å². The van der Waals surface area contributed by atoms with Crippen LogP contribution >= 0.6 is 11.6 Å². The maximum absolute atomic E-state index is 12.7. The molecule has 0 radical (unpaired) electrons. The second-order valence-corrected chi connectivity index (χ2v) is 6.53. The van der Waals surface area contributed by atoms with Crippen LogP contribution in [0.4, 0.5) is 0 Å². The fourth-order valence-corrected chi connectivity index (χ4v) is 3.26. The van der Waals surface area contributed by atoms with Gasteiger partial charge in [-0.05, 0) is 43.4 Å². The van der Waals surface area contributed by atoms with Crippen LogP contribution in [0.15, 0.2) is 34.9 Å². The Labute approximate surface area is 134 Å². The summed E-state index contributed by atoms with van der Waals surface area (Å²) in [6.45, 7) is 0.762. The third-order valence-corrected chi connectivity index (χ3v) is 4.75. The van der Waals surface area contributed by atoms with E-state index < -0.39 is 0 Å². The van der Waals surface area contributed by atoms with Gasteiger partial charge in [0.05, 0.1) is 6.04 Å². The van der Waals surface area contributed by atoms with Crippen LogP contribution in [0.1, 0.15) is 59.5 Å². The van der Waals surface area contributed by atoms with E-state index in [1.807, 2.05) is 35.2 Å². The van der Waals surface area contributed by atoms with Crippen molar-refractivity contribution in [2.75, 3.05) is 6.54 Å². The van der Waals surface area contributed by atoms with Crippen LogP contribution in [0.3, 0.4) is 0 Å². The highest BCUT2D eigenvalue weighted by Gasteiger charge is 2.34. The zero-order valence-corrected chi connectivity index (χ0v) is 12.9. The van der Waals surface area contributed by atoms with E-state index in [4.69, 9.17) is 16.1 Å². The van der Waals surface area contributed by atoms with Gasteiger partial charge in [-0.3, -0.25) is 4.79 Å². The third-order valence-electron chi connectivity index (χ3n) is 4.50. The number of benzene rings is 1. The number of nitrogens with zero attached hydrogens (tertiary/aromatic N) is 2. The van der Waals surface area contributed by atoms with Gasteiger partial charge >= 0.3 is 0 Å². The smallest absolute Gasteiger partial charge is 0.276 e. The van der Waals surface area contributed by atoms with Crippen LogP contribution in [0.5, 0.6) is 0 Å². The van der Waals surface area contributed by atoms with E-state index in [-0.39, 0.29) is 11.9 Å². The Balaban J connectivity index is 1.56. The monoisotopic (exact) mass is 316 g/mol. The summed E-state index contributed by atoms with van der Waals surface area (Å²) < 4.78 is 5.31. The molecule has 1 saturated heterocycles. The number of hydrogen-bond donors (Lipinski definition) is 0. The van der Waals surface area contributed by atoms with Gasteiger partial charge in [-0.25, -0.2) is 0 Å². The molecule has 1 aliphatic carbocycles. The van der Waals surface area contributed by atoms with Gasteiger partial charge in [0.15, 0.2) is 5.69 Å². The summed E-state index contributed by atoms with van der Waals surface area (Å²) in [7, 11) is 0. The summed E-state index contributed by atoms with van der Waals surface area (Å²) >= 11 is 5.95. The van der Waals surface area contributed by atoms with Crippen molar-refractivity contribution in [1.82, 2.24) is 10.1 Å². The molecule has 0 unspecified atom stereocenters. The molecular formula is C17H17ClN2O2. The van der Waals surface area contributed by atoms with E-state index in [1.54, 1.807) is 0 Å². The van der Waals surface area contributed by atoms with Crippen molar-refractivity contribution < 1.29 is 9.32 Å². The zero-order valence-electron chi connectivity index (χ0n) is 12.2. The summed E-state index contributed by atoms with van der Waals surface area (Å²) in [5, 5.41) is 4.69. The van der Waals surface area contributed by atoms with Gasteiger partial charge < -0.3 is 9.42 Å². The Morgan fingerprint density at radius 2 is 2.00 bits per heavy atom. The van der Waals surface area contributed by atoms with Gasteiger partial charge in [-0.15, -0.1) is 0 Å². The molecular weight excluding hydrogens is 300 g/mol. The Kier molecular flexibility index (Phi) is 3.41. The standard InChI is InChI=1S/C17H17ClN2O2/c18-13-7-5-11(6-8-13)15-2-1-9-20(15)17(21)14-10-16(22-19-14)12-3-4-12/h5-8,10,12,15H,1-4,9H2/t15-/m1/s1. The third kappa shape index (κ3) is 2.52. The van der Waals surface area contributed by atoms with Gasteiger partial charge in [0, 0.05) is 23.6 Å². The SMILES string of the molecule is O=C(c1cc(C2CC2)on1)N1CCC[C@@H]1c1ccc(Cl)cc1. The number of hydrogen-bond acceptors (Lipinski definition) is 3. The second kappa shape index (κ2) is 5.43. The molecule has 2 aromatic rings. The number of rotatable bonds is 3. The van der Waals surface area contributed by atoms with Crippen molar-refractivity contribution in [2.24, 2.45) is 0 Å². The van der Waals surface area contributed by atoms with Crippen LogP contribution in [0, 0.1) is 0 Å². The minimum Gasteiger partial charge on any atom is -0.360 e. The van der Waals surface area contributed by atoms with Crippen LogP contribution in [0.2, 0.25) is 5.02 Å². The van der Waals surface area contributed by atoms with E-state index in [9.17, 15) is 4.79 Å². The van der Waals surface area contributed by atoms with Crippen molar-refractivity contribution in [2.45, 2.75) is 37.6 Å². The first-order chi connectivity index (χ1) is 10.7. The minimum atomic E-state index is -0.0342. The topological polar surface area (TPSA) is 46.3 Å². The summed E-state index contributed by atoms with van der Waals surface area (Å²) in [5.74, 6) is 1.29. The molecule has 2 heterocycles. The van der Waals surface area contributed by atoms with Crippen molar-refractivity contribution in [1.29, 1.82) is 0 Å². The number of aromatic nitrogens is 1. The Bertz CT molecular complexity index is 691. The Morgan fingerprint density at radius 3 is 2.73 bits per heavy atom. The molecule has 1 atom stereocenters. The fourth-order valence-electron chi connectivity index (χ4n) is 3.14. The van der Waals surface area contributed by atoms with Crippen LogP contribution in [0.25, 0.3) is 0 Å². The first-order valence-corrected chi connectivity index (χ1v) is 8.13. The molecule has 1 saturated carbocycles. The van der Waals surface area contributed by atoms with Gasteiger partial charge in [-0.1, -0.05) is 28.9 Å². The summed E-state index contributed by atoms with van der Waals surface area (Å²) in [6.07, 6.45) is 4.26. The normalized spacial score (nSPS) is 21.3. The average molecular weight is 317 g/mol. The first kappa shape index (κ1) is 13.8. The highest BCUT2D eigenvalue weighted by Crippen LogP contribution is 2.40. The molecule has 22 heavy (non-hydrogen) atoms. The van der Waals surface area contributed by atoms with E-state index in [2.05, 4.69) is 5.16 Å². The van der Waals surface area contributed by atoms with Gasteiger partial charge in [0.2, 0.25) is 0 Å². The van der Waals surface area contributed by atoms with Gasteiger partial charge in [0.1, 0.15) is 5.76 Å². The molecule has 0 bridgehead atoms. The first-order valence-electron chi connectivity index (χ1n) is 7.75. The molecule has 1 aromatic carbocycles. The van der Waals surface area contributed by atoms with E-state index in [1.165, 1.54) is 0 Å². The largest absolute Gasteiger partial charge is 0.360 e. The molecule has 0 spiro atoms. The van der Waals surface area contributed by atoms with Gasteiger partial charge in [0.25, 0.3) is 5.91 Å². The highest BCUT2D eigenvalue weighted by atomic mass is 35.5. The second-order valence-electron chi connectivity index (χ2n) is 6.10. The van der Waals surface area contributed by atoms with Gasteiger partial charge in [-0.2, -0.15) is 0 Å². The number of halogens is 1. The lowest BCUT2D eigenvalue weighted by Gasteiger charge is -2.24. The molecule has 4 nitrogen and oxygen atoms in total. The highest BCUT2D eigenvalue weighted by molar-refractivity contribution is 6.30. The molecule has 0 N–H and O–H groups in total. The molecule has 1 aromatic heterocycles. The lowest BCUT2D eigenvalue weighted by molar-refractivity contribution is 0.0725. The lowest BCUT2D eigenvalue weighted by Crippen LogP contribution is -2.30. The van der Waals surface area contributed by atoms with Crippen LogP contribution in [-0.2, 0) is 0 Å². The van der Waals surface area contributed by atoms with Crippen molar-refractivity contribution >= 4 is 17.5 Å². The summed E-state index contributed by atoms with van der Waals surface area (Å²) in [5.41, 5.74) is 1.56. The maximum Gasteiger partial charge on any atom is 0.276 e. The summed E-state index contributed by atoms with van der Waals surface area (Å²) in [6, 6.07) is 9.66. The lowest BCUT2D eigenvalue weighted by atomic mass is 10.0. The molecule has 114 valence electrons. The van der Waals surface area contributed by atoms with Crippen molar-refractivity contribution in [3.63, 3.8) is 0 Å². The summed E-state index contributed by atoms with van der Waals surface area (Å²) in [4.78, 5) is 14.6. The van der Waals surface area contributed by atoms with Crippen LogP contribution < -0.4 is 0 Å². The quantitative estimate of drug-likeness (QED) is 0.853. The molecule has 4 rings (SSSR count). The van der Waals surface area contributed by atoms with Crippen molar-refractivity contribution in [3.8, 4) is 0 Å². The Morgan fingerprint density at radius 1 is 1.23 bits per heavy atom. The maximum atomic E-state index is 12.7. The molecule has 2 fully saturated rings. The average Bonchev–Trinajstić information content (AvgIpc) is 3.08. The van der Waals surface area contributed by atoms with E-state index in [0.717, 1.165) is 43.6 Å². The minimum absolute atomic E-state index is 0.0342. The van der Waals surface area contributed by atoms with E-state index >= 15 is 0 Å². The fraction of sp³-hybridized carbons (Fsp3) is 0.412. The predicted molar refractivity (Wildman–Crippen MR) is 82.9 cm³/mol. The molecule has 1 aliphatic heterocycles. The number of likely N-dealkylation sites (tertiary alicyclic amines) is 1. The number of amides is 1. The van der Waals surface area contributed by atoms with E-state index in [0.29, 0.717) is 16.6 Å². The predicted octanol–water partition coefficient (Wildman–Crippen LogP) is 4.18. The number of carbonyl (C=O) groups is 1. The molecule has 1 amide bonds. The zero-order chi connectivity index (χ0) is 15.1.